The molecule has 1 spiro atoms. The van der Waals surface area contributed by atoms with Crippen molar-refractivity contribution >= 4 is 17.5 Å². The number of para-hydroxylation sites is 1. The van der Waals surface area contributed by atoms with Crippen LogP contribution in [0.25, 0.3) is 0 Å². The van der Waals surface area contributed by atoms with E-state index in [1.807, 2.05) is 73.3 Å². The number of hydrogen-bond donors (Lipinski definition) is 2. The van der Waals surface area contributed by atoms with Crippen LogP contribution in [-0.2, 0) is 21.5 Å². The summed E-state index contributed by atoms with van der Waals surface area (Å²) in [6.45, 7) is 4.12. The van der Waals surface area contributed by atoms with Crippen LogP contribution in [0.3, 0.4) is 0 Å². The molecule has 4 rings (SSSR count). The highest BCUT2D eigenvalue weighted by molar-refractivity contribution is 6.09. The van der Waals surface area contributed by atoms with E-state index >= 15 is 0 Å². The van der Waals surface area contributed by atoms with Crippen molar-refractivity contribution in [2.45, 2.75) is 57.2 Å². The average Bonchev–Trinajstić information content (AvgIpc) is 2.95. The molecule has 1 aliphatic carbocycles. The minimum Gasteiger partial charge on any atom is -0.391 e. The van der Waals surface area contributed by atoms with E-state index in [0.29, 0.717) is 19.4 Å². The van der Waals surface area contributed by atoms with Crippen LogP contribution in [0.2, 0.25) is 0 Å². The first-order valence-electron chi connectivity index (χ1n) is 10.4. The summed E-state index contributed by atoms with van der Waals surface area (Å²) >= 11 is 0. The maximum Gasteiger partial charge on any atom is 0.240 e. The summed E-state index contributed by atoms with van der Waals surface area (Å²) in [5.41, 5.74) is 1.91. The topological polar surface area (TPSA) is 69.6 Å². The van der Waals surface area contributed by atoms with E-state index in [4.69, 9.17) is 0 Å². The fourth-order valence-electron chi connectivity index (χ4n) is 4.80. The van der Waals surface area contributed by atoms with E-state index < -0.39 is 17.6 Å². The first-order valence-corrected chi connectivity index (χ1v) is 10.4. The Hall–Kier alpha value is -2.66. The second-order valence-corrected chi connectivity index (χ2v) is 8.47. The lowest BCUT2D eigenvalue weighted by Gasteiger charge is -2.43. The van der Waals surface area contributed by atoms with E-state index in [9.17, 15) is 14.7 Å². The van der Waals surface area contributed by atoms with Crippen molar-refractivity contribution in [1.29, 1.82) is 0 Å². The summed E-state index contributed by atoms with van der Waals surface area (Å²) in [6.07, 6.45) is 1.20. The van der Waals surface area contributed by atoms with Gasteiger partial charge in [-0.2, -0.15) is 0 Å². The highest BCUT2D eigenvalue weighted by atomic mass is 16.3. The Bertz CT molecular complexity index is 911. The van der Waals surface area contributed by atoms with Crippen molar-refractivity contribution in [3.8, 4) is 0 Å². The first kappa shape index (κ1) is 19.6. The Morgan fingerprint density at radius 3 is 2.59 bits per heavy atom. The van der Waals surface area contributed by atoms with Gasteiger partial charge in [-0.05, 0) is 36.5 Å². The second-order valence-electron chi connectivity index (χ2n) is 8.47. The molecular weight excluding hydrogens is 364 g/mol. The minimum absolute atomic E-state index is 0.0321. The SMILES string of the molecule is CC(C)C(=O)N[C@H]1[C@H](O)CCC[C@@]12C(=O)N(Cc1ccccc1)c1ccccc12. The number of benzene rings is 2. The molecule has 2 aliphatic rings. The average molecular weight is 392 g/mol. The molecule has 3 atom stereocenters. The van der Waals surface area contributed by atoms with Gasteiger partial charge in [0.2, 0.25) is 11.8 Å². The number of fused-ring (bicyclic) bond motifs is 2. The van der Waals surface area contributed by atoms with Crippen LogP contribution in [0.1, 0.15) is 44.2 Å². The molecule has 2 aromatic rings. The third-order valence-corrected chi connectivity index (χ3v) is 6.29. The number of nitrogens with one attached hydrogen (secondary N) is 1. The molecule has 2 aromatic carbocycles. The largest absolute Gasteiger partial charge is 0.391 e. The predicted octanol–water partition coefficient (Wildman–Crippen LogP) is 3.16. The number of carbonyl (C=O) groups excluding carboxylic acids is 2. The highest BCUT2D eigenvalue weighted by Crippen LogP contribution is 2.50. The van der Waals surface area contributed by atoms with Crippen molar-refractivity contribution in [2.24, 2.45) is 5.92 Å². The van der Waals surface area contributed by atoms with Crippen molar-refractivity contribution in [3.05, 3.63) is 65.7 Å². The van der Waals surface area contributed by atoms with Gasteiger partial charge in [-0.15, -0.1) is 0 Å². The zero-order valence-corrected chi connectivity index (χ0v) is 17.0. The van der Waals surface area contributed by atoms with E-state index in [1.54, 1.807) is 0 Å². The van der Waals surface area contributed by atoms with Gasteiger partial charge >= 0.3 is 0 Å². The molecule has 5 heteroatoms. The molecule has 1 aliphatic heterocycles. The number of anilines is 1. The summed E-state index contributed by atoms with van der Waals surface area (Å²) in [7, 11) is 0. The van der Waals surface area contributed by atoms with Gasteiger partial charge in [0.1, 0.15) is 0 Å². The van der Waals surface area contributed by atoms with Gasteiger partial charge in [0.05, 0.1) is 24.1 Å². The summed E-state index contributed by atoms with van der Waals surface area (Å²) in [5.74, 6) is -0.383. The number of carbonyl (C=O) groups is 2. The molecule has 0 radical (unpaired) electrons. The smallest absolute Gasteiger partial charge is 0.240 e. The molecule has 0 unspecified atom stereocenters. The number of aliphatic hydroxyl groups excluding tert-OH is 1. The Kier molecular flexibility index (Phi) is 5.17. The van der Waals surface area contributed by atoms with Crippen LogP contribution in [0.4, 0.5) is 5.69 Å². The van der Waals surface area contributed by atoms with Crippen molar-refractivity contribution in [2.75, 3.05) is 4.90 Å². The monoisotopic (exact) mass is 392 g/mol. The standard InChI is InChI=1S/C24H28N2O3/c1-16(2)22(28)25-21-20(27)13-8-14-24(21)18-11-6-7-12-19(18)26(23(24)29)15-17-9-4-3-5-10-17/h3-7,9-12,16,20-21,27H,8,13-15H2,1-2H3,(H,25,28)/t20-,21+,24+/m1/s1. The fourth-order valence-corrected chi connectivity index (χ4v) is 4.80. The third kappa shape index (κ3) is 3.23. The fraction of sp³-hybridized carbons (Fsp3) is 0.417. The molecule has 152 valence electrons. The molecule has 29 heavy (non-hydrogen) atoms. The van der Waals surface area contributed by atoms with Crippen LogP contribution >= 0.6 is 0 Å². The zero-order chi connectivity index (χ0) is 20.6. The molecule has 0 aromatic heterocycles. The normalized spacial score (nSPS) is 26.1. The Labute approximate surface area is 171 Å². The summed E-state index contributed by atoms with van der Waals surface area (Å²) < 4.78 is 0. The number of aliphatic hydroxyl groups is 1. The van der Waals surface area contributed by atoms with Gasteiger partial charge in [0, 0.05) is 11.6 Å². The van der Waals surface area contributed by atoms with Gasteiger partial charge < -0.3 is 15.3 Å². The molecule has 0 saturated heterocycles. The van der Waals surface area contributed by atoms with Crippen molar-refractivity contribution in [1.82, 2.24) is 5.32 Å². The lowest BCUT2D eigenvalue weighted by molar-refractivity contribution is -0.132. The Morgan fingerprint density at radius 2 is 1.86 bits per heavy atom. The minimum atomic E-state index is -0.923. The van der Waals surface area contributed by atoms with Gasteiger partial charge in [-0.3, -0.25) is 9.59 Å². The van der Waals surface area contributed by atoms with Crippen LogP contribution in [0, 0.1) is 5.92 Å². The van der Waals surface area contributed by atoms with E-state index in [2.05, 4.69) is 5.32 Å². The number of amides is 2. The molecule has 5 nitrogen and oxygen atoms in total. The maximum atomic E-state index is 13.9. The number of nitrogens with zero attached hydrogens (tertiary/aromatic N) is 1. The first-order chi connectivity index (χ1) is 13.9. The van der Waals surface area contributed by atoms with Crippen LogP contribution in [-0.4, -0.2) is 29.1 Å². The van der Waals surface area contributed by atoms with Crippen LogP contribution in [0.15, 0.2) is 54.6 Å². The van der Waals surface area contributed by atoms with Crippen LogP contribution in [0.5, 0.6) is 0 Å². The lowest BCUT2D eigenvalue weighted by Crippen LogP contribution is -2.63. The summed E-state index contributed by atoms with van der Waals surface area (Å²) in [5, 5.41) is 13.9. The van der Waals surface area contributed by atoms with E-state index in [0.717, 1.165) is 23.2 Å². The highest BCUT2D eigenvalue weighted by Gasteiger charge is 2.59. The predicted molar refractivity (Wildman–Crippen MR) is 112 cm³/mol. The van der Waals surface area contributed by atoms with Crippen molar-refractivity contribution < 1.29 is 14.7 Å². The molecule has 1 saturated carbocycles. The molecule has 0 bridgehead atoms. The molecule has 2 amide bonds. The Morgan fingerprint density at radius 1 is 1.17 bits per heavy atom. The van der Waals surface area contributed by atoms with Gasteiger partial charge in [0.25, 0.3) is 0 Å². The molecule has 1 heterocycles. The van der Waals surface area contributed by atoms with Gasteiger partial charge in [-0.1, -0.05) is 62.4 Å². The lowest BCUT2D eigenvalue weighted by atomic mass is 9.65. The molecule has 2 N–H and O–H groups in total. The third-order valence-electron chi connectivity index (χ3n) is 6.29. The Balaban J connectivity index is 1.78. The zero-order valence-electron chi connectivity index (χ0n) is 17.0. The quantitative estimate of drug-likeness (QED) is 0.840. The number of hydrogen-bond acceptors (Lipinski definition) is 3. The van der Waals surface area contributed by atoms with Crippen molar-refractivity contribution in [3.63, 3.8) is 0 Å². The maximum absolute atomic E-state index is 13.9. The van der Waals surface area contributed by atoms with Gasteiger partial charge in [0.15, 0.2) is 0 Å². The molecular formula is C24H28N2O3. The second kappa shape index (κ2) is 7.64. The van der Waals surface area contributed by atoms with Gasteiger partial charge in [-0.25, -0.2) is 0 Å². The summed E-state index contributed by atoms with van der Waals surface area (Å²) in [4.78, 5) is 28.3. The van der Waals surface area contributed by atoms with Crippen LogP contribution < -0.4 is 10.2 Å². The summed E-state index contributed by atoms with van der Waals surface area (Å²) in [6, 6.07) is 17.1. The van der Waals surface area contributed by atoms with E-state index in [1.165, 1.54) is 0 Å². The number of rotatable bonds is 4. The molecule has 1 fully saturated rings. The van der Waals surface area contributed by atoms with E-state index in [-0.39, 0.29) is 17.7 Å².